The van der Waals surface area contributed by atoms with Gasteiger partial charge in [-0.15, -0.1) is 0 Å². The van der Waals surface area contributed by atoms with Crippen LogP contribution < -0.4 is 0 Å². The van der Waals surface area contributed by atoms with Crippen molar-refractivity contribution in [2.45, 2.75) is 50.9 Å². The molecular formula is C16H19N. The van der Waals surface area contributed by atoms with Gasteiger partial charge in [0.25, 0.3) is 0 Å². The first kappa shape index (κ1) is 10.8. The normalized spacial score (nSPS) is 24.2. The van der Waals surface area contributed by atoms with E-state index in [0.717, 1.165) is 12.8 Å². The minimum absolute atomic E-state index is 0.169. The first-order chi connectivity index (χ1) is 8.18. The van der Waals surface area contributed by atoms with Gasteiger partial charge in [0.2, 0.25) is 0 Å². The van der Waals surface area contributed by atoms with Gasteiger partial charge in [-0.2, -0.15) is 5.26 Å². The van der Waals surface area contributed by atoms with Gasteiger partial charge in [0, 0.05) is 0 Å². The molecule has 0 aliphatic heterocycles. The molecule has 2 saturated carbocycles. The van der Waals surface area contributed by atoms with Gasteiger partial charge >= 0.3 is 0 Å². The van der Waals surface area contributed by atoms with E-state index in [4.69, 9.17) is 0 Å². The number of hydrogen-bond donors (Lipinski definition) is 0. The zero-order valence-corrected chi connectivity index (χ0v) is 10.5. The highest BCUT2D eigenvalue weighted by Crippen LogP contribution is 2.62. The highest BCUT2D eigenvalue weighted by Gasteiger charge is 2.56. The Labute approximate surface area is 103 Å². The van der Waals surface area contributed by atoms with Crippen molar-refractivity contribution in [2.24, 2.45) is 5.41 Å². The lowest BCUT2D eigenvalue weighted by Gasteiger charge is -2.51. The van der Waals surface area contributed by atoms with E-state index in [1.165, 1.54) is 36.8 Å². The van der Waals surface area contributed by atoms with Gasteiger partial charge in [-0.05, 0) is 43.6 Å². The smallest absolute Gasteiger partial charge is 0.0833 e. The molecule has 0 amide bonds. The van der Waals surface area contributed by atoms with Crippen molar-refractivity contribution in [1.29, 1.82) is 5.26 Å². The Morgan fingerprint density at radius 2 is 1.65 bits per heavy atom. The van der Waals surface area contributed by atoms with Crippen LogP contribution in [-0.2, 0) is 5.41 Å². The fourth-order valence-corrected chi connectivity index (χ4v) is 3.93. The maximum atomic E-state index is 9.55. The molecule has 1 spiro atoms. The molecular weight excluding hydrogens is 206 g/mol. The second-order valence-electron chi connectivity index (χ2n) is 6.12. The van der Waals surface area contributed by atoms with E-state index in [-0.39, 0.29) is 5.41 Å². The number of benzene rings is 1. The van der Waals surface area contributed by atoms with E-state index >= 15 is 0 Å². The van der Waals surface area contributed by atoms with Crippen molar-refractivity contribution < 1.29 is 0 Å². The summed E-state index contributed by atoms with van der Waals surface area (Å²) in [5, 5.41) is 9.55. The summed E-state index contributed by atoms with van der Waals surface area (Å²) >= 11 is 0. The van der Waals surface area contributed by atoms with Gasteiger partial charge in [0.15, 0.2) is 0 Å². The summed E-state index contributed by atoms with van der Waals surface area (Å²) < 4.78 is 0. The Kier molecular flexibility index (Phi) is 2.30. The molecule has 0 heterocycles. The molecule has 0 N–H and O–H groups in total. The lowest BCUT2D eigenvalue weighted by molar-refractivity contribution is 0.0648. The molecule has 1 aromatic rings. The first-order valence-electron chi connectivity index (χ1n) is 6.67. The zero-order valence-electron chi connectivity index (χ0n) is 10.5. The van der Waals surface area contributed by atoms with Crippen LogP contribution in [0.5, 0.6) is 0 Å². The number of aryl methyl sites for hydroxylation is 1. The third-order valence-electron chi connectivity index (χ3n) is 4.84. The fourth-order valence-electron chi connectivity index (χ4n) is 3.93. The van der Waals surface area contributed by atoms with Crippen molar-refractivity contribution in [3.63, 3.8) is 0 Å². The molecule has 0 atom stereocenters. The molecule has 1 nitrogen and oxygen atoms in total. The van der Waals surface area contributed by atoms with Crippen molar-refractivity contribution in [3.8, 4) is 6.07 Å². The number of rotatable bonds is 1. The van der Waals surface area contributed by atoms with Gasteiger partial charge in [-0.1, -0.05) is 42.7 Å². The van der Waals surface area contributed by atoms with Crippen molar-refractivity contribution in [2.75, 3.05) is 0 Å². The van der Waals surface area contributed by atoms with Crippen molar-refractivity contribution in [3.05, 3.63) is 35.4 Å². The molecule has 2 fully saturated rings. The molecule has 88 valence electrons. The quantitative estimate of drug-likeness (QED) is 0.705. The number of nitriles is 1. The fraction of sp³-hybridized carbons (Fsp3) is 0.562. The van der Waals surface area contributed by atoms with Gasteiger partial charge in [0.05, 0.1) is 11.5 Å². The van der Waals surface area contributed by atoms with E-state index in [9.17, 15) is 5.26 Å². The van der Waals surface area contributed by atoms with E-state index < -0.39 is 0 Å². The van der Waals surface area contributed by atoms with Gasteiger partial charge in [-0.25, -0.2) is 0 Å². The minimum atomic E-state index is -0.169. The topological polar surface area (TPSA) is 23.8 Å². The summed E-state index contributed by atoms with van der Waals surface area (Å²) in [5.74, 6) is 0. The van der Waals surface area contributed by atoms with Crippen LogP contribution in [-0.4, -0.2) is 0 Å². The van der Waals surface area contributed by atoms with Crippen LogP contribution in [0.25, 0.3) is 0 Å². The molecule has 0 bridgehead atoms. The van der Waals surface area contributed by atoms with Crippen LogP contribution in [0, 0.1) is 23.7 Å². The SMILES string of the molecule is Cc1ccc(C2(C#N)CC3(CCCC3)C2)cc1. The first-order valence-corrected chi connectivity index (χ1v) is 6.67. The average Bonchev–Trinajstić information content (AvgIpc) is 2.76. The molecule has 2 aliphatic rings. The maximum Gasteiger partial charge on any atom is 0.0833 e. The predicted molar refractivity (Wildman–Crippen MR) is 68.6 cm³/mol. The van der Waals surface area contributed by atoms with Crippen LogP contribution in [0.2, 0.25) is 0 Å². The summed E-state index contributed by atoms with van der Waals surface area (Å²) in [5.41, 5.74) is 2.87. The molecule has 0 unspecified atom stereocenters. The summed E-state index contributed by atoms with van der Waals surface area (Å²) in [7, 11) is 0. The number of nitrogens with zero attached hydrogens (tertiary/aromatic N) is 1. The Balaban J connectivity index is 1.86. The molecule has 1 aromatic carbocycles. The summed E-state index contributed by atoms with van der Waals surface area (Å²) in [6, 6.07) is 11.2. The molecule has 0 radical (unpaired) electrons. The van der Waals surface area contributed by atoms with Crippen LogP contribution in [0.1, 0.15) is 49.7 Å². The Morgan fingerprint density at radius 1 is 1.06 bits per heavy atom. The maximum absolute atomic E-state index is 9.55. The lowest BCUT2D eigenvalue weighted by Crippen LogP contribution is -2.47. The van der Waals surface area contributed by atoms with Gasteiger partial charge in [0.1, 0.15) is 0 Å². The average molecular weight is 225 g/mol. The van der Waals surface area contributed by atoms with Crippen LogP contribution in [0.15, 0.2) is 24.3 Å². The second kappa shape index (κ2) is 3.60. The second-order valence-corrected chi connectivity index (χ2v) is 6.12. The highest BCUT2D eigenvalue weighted by molar-refractivity contribution is 5.39. The Bertz CT molecular complexity index is 449. The minimum Gasteiger partial charge on any atom is -0.197 e. The third-order valence-corrected chi connectivity index (χ3v) is 4.84. The summed E-state index contributed by atoms with van der Waals surface area (Å²) in [6.45, 7) is 2.10. The number of hydrogen-bond acceptors (Lipinski definition) is 1. The van der Waals surface area contributed by atoms with E-state index in [0.29, 0.717) is 5.41 Å². The zero-order chi connectivity index (χ0) is 11.9. The van der Waals surface area contributed by atoms with Gasteiger partial charge in [-0.3, -0.25) is 0 Å². The molecule has 3 rings (SSSR count). The Morgan fingerprint density at radius 3 is 2.18 bits per heavy atom. The van der Waals surface area contributed by atoms with Crippen molar-refractivity contribution in [1.82, 2.24) is 0 Å². The molecule has 1 heteroatoms. The predicted octanol–water partition coefficient (Wildman–Crippen LogP) is 4.11. The molecule has 0 saturated heterocycles. The van der Waals surface area contributed by atoms with Crippen LogP contribution >= 0.6 is 0 Å². The third kappa shape index (κ3) is 1.59. The highest BCUT2D eigenvalue weighted by atomic mass is 14.6. The van der Waals surface area contributed by atoms with Crippen LogP contribution in [0.4, 0.5) is 0 Å². The monoisotopic (exact) mass is 225 g/mol. The van der Waals surface area contributed by atoms with Crippen molar-refractivity contribution >= 4 is 0 Å². The van der Waals surface area contributed by atoms with Crippen LogP contribution in [0.3, 0.4) is 0 Å². The summed E-state index contributed by atoms with van der Waals surface area (Å²) in [4.78, 5) is 0. The van der Waals surface area contributed by atoms with E-state index in [1.54, 1.807) is 0 Å². The molecule has 0 aromatic heterocycles. The Hall–Kier alpha value is -1.29. The van der Waals surface area contributed by atoms with E-state index in [1.807, 2.05) is 0 Å². The molecule has 2 aliphatic carbocycles. The lowest BCUT2D eigenvalue weighted by atomic mass is 9.50. The standard InChI is InChI=1S/C16H19N/c1-13-4-6-14(7-5-13)16(12-17)10-15(11-16)8-2-3-9-15/h4-7H,2-3,8-11H2,1H3. The van der Waals surface area contributed by atoms with Gasteiger partial charge < -0.3 is 0 Å². The van der Waals surface area contributed by atoms with E-state index in [2.05, 4.69) is 37.3 Å². The molecule has 17 heavy (non-hydrogen) atoms. The summed E-state index contributed by atoms with van der Waals surface area (Å²) in [6.07, 6.45) is 7.63. The largest absolute Gasteiger partial charge is 0.197 e.